The zero-order valence-corrected chi connectivity index (χ0v) is 13.0. The van der Waals surface area contributed by atoms with Gasteiger partial charge in [0.05, 0.1) is 17.6 Å². The number of pyridine rings is 1. The SMILES string of the molecule is CCc1ccc(-c2csc(N/N=C/c3ccccn3)n2)cc1. The van der Waals surface area contributed by atoms with E-state index in [1.807, 2.05) is 23.6 Å². The van der Waals surface area contributed by atoms with Crippen LogP contribution in [0.1, 0.15) is 18.2 Å². The number of hydrazone groups is 1. The molecule has 0 fully saturated rings. The number of nitrogens with zero attached hydrogens (tertiary/aromatic N) is 3. The first-order chi connectivity index (χ1) is 10.8. The summed E-state index contributed by atoms with van der Waals surface area (Å²) >= 11 is 1.53. The molecule has 2 aromatic heterocycles. The van der Waals surface area contributed by atoms with E-state index in [2.05, 4.69) is 51.7 Å². The van der Waals surface area contributed by atoms with Gasteiger partial charge in [-0.15, -0.1) is 11.3 Å². The molecular formula is C17H16N4S. The van der Waals surface area contributed by atoms with Crippen LogP contribution in [0.2, 0.25) is 0 Å². The molecule has 0 saturated heterocycles. The van der Waals surface area contributed by atoms with Gasteiger partial charge in [0, 0.05) is 17.1 Å². The Morgan fingerprint density at radius 1 is 1.18 bits per heavy atom. The van der Waals surface area contributed by atoms with E-state index in [1.54, 1.807) is 12.4 Å². The Balaban J connectivity index is 1.67. The van der Waals surface area contributed by atoms with Crippen LogP contribution in [0.5, 0.6) is 0 Å². The molecule has 0 aliphatic rings. The number of anilines is 1. The maximum absolute atomic E-state index is 4.54. The number of aromatic nitrogens is 2. The van der Waals surface area contributed by atoms with Crippen molar-refractivity contribution in [2.45, 2.75) is 13.3 Å². The zero-order valence-electron chi connectivity index (χ0n) is 12.2. The standard InChI is InChI=1S/C17H16N4S/c1-2-13-6-8-14(9-7-13)16-12-22-17(20-16)21-19-11-15-5-3-4-10-18-15/h3-12H,2H2,1H3,(H,20,21)/b19-11+. The van der Waals surface area contributed by atoms with Gasteiger partial charge in [0.1, 0.15) is 0 Å². The Labute approximate surface area is 133 Å². The molecule has 0 unspecified atom stereocenters. The van der Waals surface area contributed by atoms with Crippen molar-refractivity contribution < 1.29 is 0 Å². The molecule has 0 saturated carbocycles. The number of benzene rings is 1. The summed E-state index contributed by atoms with van der Waals surface area (Å²) in [6.07, 6.45) is 4.46. The van der Waals surface area contributed by atoms with E-state index in [1.165, 1.54) is 16.9 Å². The molecule has 22 heavy (non-hydrogen) atoms. The quantitative estimate of drug-likeness (QED) is 0.567. The van der Waals surface area contributed by atoms with Gasteiger partial charge in [0.15, 0.2) is 0 Å². The fourth-order valence-electron chi connectivity index (χ4n) is 1.97. The van der Waals surface area contributed by atoms with Crippen LogP contribution in [0.4, 0.5) is 5.13 Å². The van der Waals surface area contributed by atoms with Crippen molar-refractivity contribution >= 4 is 22.7 Å². The second-order valence-corrected chi connectivity index (χ2v) is 5.57. The molecular weight excluding hydrogens is 292 g/mol. The van der Waals surface area contributed by atoms with Gasteiger partial charge in [-0.2, -0.15) is 5.10 Å². The largest absolute Gasteiger partial charge is 0.255 e. The van der Waals surface area contributed by atoms with E-state index in [9.17, 15) is 0 Å². The highest BCUT2D eigenvalue weighted by molar-refractivity contribution is 7.14. The Bertz CT molecular complexity index is 748. The number of hydrogen-bond acceptors (Lipinski definition) is 5. The molecule has 0 aliphatic heterocycles. The Morgan fingerprint density at radius 2 is 2.05 bits per heavy atom. The van der Waals surface area contributed by atoms with Crippen molar-refractivity contribution in [2.24, 2.45) is 5.10 Å². The average molecular weight is 308 g/mol. The normalized spacial score (nSPS) is 11.0. The highest BCUT2D eigenvalue weighted by Crippen LogP contribution is 2.25. The van der Waals surface area contributed by atoms with Crippen LogP contribution in [0, 0.1) is 0 Å². The van der Waals surface area contributed by atoms with Crippen molar-refractivity contribution in [3.05, 3.63) is 65.3 Å². The van der Waals surface area contributed by atoms with Crippen LogP contribution in [0.25, 0.3) is 11.3 Å². The molecule has 0 spiro atoms. The minimum absolute atomic E-state index is 0.766. The number of hydrogen-bond donors (Lipinski definition) is 1. The monoisotopic (exact) mass is 308 g/mol. The summed E-state index contributed by atoms with van der Waals surface area (Å²) in [5.74, 6) is 0. The summed E-state index contributed by atoms with van der Waals surface area (Å²) in [5, 5.41) is 6.95. The maximum Gasteiger partial charge on any atom is 0.203 e. The first-order valence-electron chi connectivity index (χ1n) is 7.10. The van der Waals surface area contributed by atoms with Gasteiger partial charge in [-0.3, -0.25) is 10.4 Å². The van der Waals surface area contributed by atoms with Crippen LogP contribution in [0.3, 0.4) is 0 Å². The molecule has 0 bridgehead atoms. The van der Waals surface area contributed by atoms with Gasteiger partial charge >= 0.3 is 0 Å². The van der Waals surface area contributed by atoms with E-state index in [-0.39, 0.29) is 0 Å². The zero-order chi connectivity index (χ0) is 15.2. The summed E-state index contributed by atoms with van der Waals surface area (Å²) in [4.78, 5) is 8.71. The number of thiazole rings is 1. The minimum atomic E-state index is 0.766. The van der Waals surface area contributed by atoms with Crippen LogP contribution < -0.4 is 5.43 Å². The van der Waals surface area contributed by atoms with E-state index >= 15 is 0 Å². The number of rotatable bonds is 5. The van der Waals surface area contributed by atoms with Crippen molar-refractivity contribution in [3.63, 3.8) is 0 Å². The third-order valence-corrected chi connectivity index (χ3v) is 3.95. The van der Waals surface area contributed by atoms with Crippen molar-refractivity contribution in [1.29, 1.82) is 0 Å². The van der Waals surface area contributed by atoms with Crippen molar-refractivity contribution in [2.75, 3.05) is 5.43 Å². The minimum Gasteiger partial charge on any atom is -0.255 e. The third-order valence-electron chi connectivity index (χ3n) is 3.21. The topological polar surface area (TPSA) is 50.2 Å². The molecule has 0 atom stereocenters. The lowest BCUT2D eigenvalue weighted by Gasteiger charge is -1.99. The molecule has 5 heteroatoms. The lowest BCUT2D eigenvalue weighted by Crippen LogP contribution is -1.91. The summed E-state index contributed by atoms with van der Waals surface area (Å²) < 4.78 is 0. The lowest BCUT2D eigenvalue weighted by molar-refractivity contribution is 1.14. The van der Waals surface area contributed by atoms with Gasteiger partial charge in [0.2, 0.25) is 5.13 Å². The summed E-state index contributed by atoms with van der Waals surface area (Å²) in [5.41, 5.74) is 7.16. The van der Waals surface area contributed by atoms with E-state index < -0.39 is 0 Å². The third kappa shape index (κ3) is 3.56. The first kappa shape index (κ1) is 14.4. The molecule has 3 aromatic rings. The molecule has 3 rings (SSSR count). The molecule has 1 N–H and O–H groups in total. The summed E-state index contributed by atoms with van der Waals surface area (Å²) in [6, 6.07) is 14.2. The molecule has 0 aliphatic carbocycles. The molecule has 110 valence electrons. The number of aryl methyl sites for hydroxylation is 1. The Hall–Kier alpha value is -2.53. The van der Waals surface area contributed by atoms with Crippen LogP contribution in [-0.2, 0) is 6.42 Å². The second-order valence-electron chi connectivity index (χ2n) is 4.71. The highest BCUT2D eigenvalue weighted by atomic mass is 32.1. The number of nitrogens with one attached hydrogen (secondary N) is 1. The molecule has 4 nitrogen and oxygen atoms in total. The van der Waals surface area contributed by atoms with Gasteiger partial charge in [-0.05, 0) is 24.1 Å². The molecule has 1 aromatic carbocycles. The predicted octanol–water partition coefficient (Wildman–Crippen LogP) is 4.21. The van der Waals surface area contributed by atoms with E-state index in [0.717, 1.165) is 28.5 Å². The maximum atomic E-state index is 4.54. The fraction of sp³-hybridized carbons (Fsp3) is 0.118. The molecule has 0 amide bonds. The van der Waals surface area contributed by atoms with Gasteiger partial charge in [-0.1, -0.05) is 37.3 Å². The predicted molar refractivity (Wildman–Crippen MR) is 92.4 cm³/mol. The molecule has 2 heterocycles. The first-order valence-corrected chi connectivity index (χ1v) is 7.98. The van der Waals surface area contributed by atoms with Gasteiger partial charge in [0.25, 0.3) is 0 Å². The van der Waals surface area contributed by atoms with Gasteiger partial charge < -0.3 is 0 Å². The Morgan fingerprint density at radius 3 is 2.77 bits per heavy atom. The summed E-state index contributed by atoms with van der Waals surface area (Å²) in [7, 11) is 0. The molecule has 0 radical (unpaired) electrons. The van der Waals surface area contributed by atoms with Crippen LogP contribution in [-0.4, -0.2) is 16.2 Å². The van der Waals surface area contributed by atoms with Gasteiger partial charge in [-0.25, -0.2) is 4.98 Å². The summed E-state index contributed by atoms with van der Waals surface area (Å²) in [6.45, 7) is 2.15. The van der Waals surface area contributed by atoms with Crippen LogP contribution in [0.15, 0.2) is 59.1 Å². The van der Waals surface area contributed by atoms with E-state index in [0.29, 0.717) is 0 Å². The lowest BCUT2D eigenvalue weighted by atomic mass is 10.1. The van der Waals surface area contributed by atoms with Crippen molar-refractivity contribution in [3.8, 4) is 11.3 Å². The second kappa shape index (κ2) is 6.95. The highest BCUT2D eigenvalue weighted by Gasteiger charge is 2.03. The van der Waals surface area contributed by atoms with Crippen molar-refractivity contribution in [1.82, 2.24) is 9.97 Å². The smallest absolute Gasteiger partial charge is 0.203 e. The average Bonchev–Trinajstić information content (AvgIpc) is 3.05. The van der Waals surface area contributed by atoms with Crippen LogP contribution >= 0.6 is 11.3 Å². The fourth-order valence-corrected chi connectivity index (χ4v) is 2.64. The Kier molecular flexibility index (Phi) is 4.56. The van der Waals surface area contributed by atoms with E-state index in [4.69, 9.17) is 0 Å².